The second-order valence-electron chi connectivity index (χ2n) is 4.24. The van der Waals surface area contributed by atoms with Gasteiger partial charge in [-0.25, -0.2) is 0 Å². The van der Waals surface area contributed by atoms with Gasteiger partial charge in [0.05, 0.1) is 0 Å². The molecule has 0 bridgehead atoms. The van der Waals surface area contributed by atoms with Gasteiger partial charge in [-0.2, -0.15) is 11.3 Å². The normalized spacial score (nSPS) is 10.3. The zero-order valence-corrected chi connectivity index (χ0v) is 11.3. The molecule has 3 heteroatoms. The summed E-state index contributed by atoms with van der Waals surface area (Å²) >= 11 is 1.70. The van der Waals surface area contributed by atoms with Crippen LogP contribution in [-0.2, 0) is 6.54 Å². The summed E-state index contributed by atoms with van der Waals surface area (Å²) in [6.45, 7) is 2.85. The fourth-order valence-electron chi connectivity index (χ4n) is 1.74. The molecular weight excluding hydrogens is 242 g/mol. The first-order chi connectivity index (χ1) is 8.79. The maximum absolute atomic E-state index is 11.7. The third kappa shape index (κ3) is 3.44. The number of anilines is 1. The topological polar surface area (TPSA) is 29.1 Å². The van der Waals surface area contributed by atoms with Gasteiger partial charge in [-0.1, -0.05) is 6.92 Å². The fraction of sp³-hybridized carbons (Fsp3) is 0.267. The summed E-state index contributed by atoms with van der Waals surface area (Å²) in [5.74, 6) is 0.224. The molecule has 0 unspecified atom stereocenters. The first-order valence-electron chi connectivity index (χ1n) is 6.18. The first kappa shape index (κ1) is 12.8. The quantitative estimate of drug-likeness (QED) is 0.782. The molecule has 0 fully saturated rings. The molecule has 1 aromatic carbocycles. The molecule has 2 aromatic rings. The van der Waals surface area contributed by atoms with Crippen molar-refractivity contribution in [2.24, 2.45) is 0 Å². The van der Waals surface area contributed by atoms with E-state index in [1.54, 1.807) is 11.3 Å². The molecule has 0 saturated heterocycles. The fourth-order valence-corrected chi connectivity index (χ4v) is 2.41. The van der Waals surface area contributed by atoms with Crippen molar-refractivity contribution in [1.82, 2.24) is 0 Å². The molecule has 0 spiro atoms. The third-order valence-corrected chi connectivity index (χ3v) is 3.49. The van der Waals surface area contributed by atoms with Crippen LogP contribution in [0.4, 0.5) is 5.69 Å². The number of thiophene rings is 1. The van der Waals surface area contributed by atoms with Crippen LogP contribution in [0, 0.1) is 0 Å². The van der Waals surface area contributed by atoms with Crippen LogP contribution in [0.3, 0.4) is 0 Å². The number of carbonyl (C=O) groups is 1. The van der Waals surface area contributed by atoms with Crippen molar-refractivity contribution in [3.8, 4) is 0 Å². The lowest BCUT2D eigenvalue weighted by atomic mass is 10.1. The molecule has 2 rings (SSSR count). The molecular formula is C15H17NOS. The minimum atomic E-state index is 0.224. The Morgan fingerprint density at radius 1 is 1.22 bits per heavy atom. The van der Waals surface area contributed by atoms with E-state index in [2.05, 4.69) is 22.1 Å². The van der Waals surface area contributed by atoms with Crippen LogP contribution < -0.4 is 5.32 Å². The SMILES string of the molecule is CCCC(=O)c1ccc(NCc2ccsc2)cc1. The van der Waals surface area contributed by atoms with Gasteiger partial charge in [-0.05, 0) is 53.1 Å². The van der Waals surface area contributed by atoms with E-state index in [4.69, 9.17) is 0 Å². The van der Waals surface area contributed by atoms with Crippen LogP contribution in [0.5, 0.6) is 0 Å². The van der Waals surface area contributed by atoms with E-state index in [-0.39, 0.29) is 5.78 Å². The summed E-state index contributed by atoms with van der Waals surface area (Å²) in [6, 6.07) is 9.84. The zero-order valence-electron chi connectivity index (χ0n) is 10.5. The van der Waals surface area contributed by atoms with E-state index in [9.17, 15) is 4.79 Å². The van der Waals surface area contributed by atoms with Gasteiger partial charge in [0.1, 0.15) is 0 Å². The van der Waals surface area contributed by atoms with Crippen LogP contribution in [0.15, 0.2) is 41.1 Å². The molecule has 0 atom stereocenters. The average molecular weight is 259 g/mol. The number of nitrogens with one attached hydrogen (secondary N) is 1. The molecule has 0 aliphatic carbocycles. The third-order valence-electron chi connectivity index (χ3n) is 2.76. The number of ketones is 1. The average Bonchev–Trinajstić information content (AvgIpc) is 2.90. The van der Waals surface area contributed by atoms with Gasteiger partial charge >= 0.3 is 0 Å². The number of Topliss-reactive ketones (excluding diaryl/α,β-unsaturated/α-hetero) is 1. The second kappa shape index (κ2) is 6.36. The van der Waals surface area contributed by atoms with E-state index in [0.717, 1.165) is 24.2 Å². The molecule has 18 heavy (non-hydrogen) atoms. The second-order valence-corrected chi connectivity index (χ2v) is 5.02. The molecule has 1 heterocycles. The van der Waals surface area contributed by atoms with Gasteiger partial charge in [0.25, 0.3) is 0 Å². The van der Waals surface area contributed by atoms with Crippen LogP contribution in [0.2, 0.25) is 0 Å². The van der Waals surface area contributed by atoms with Crippen molar-refractivity contribution >= 4 is 22.8 Å². The first-order valence-corrected chi connectivity index (χ1v) is 7.12. The lowest BCUT2D eigenvalue weighted by Crippen LogP contribution is -2.00. The van der Waals surface area contributed by atoms with Crippen LogP contribution in [0.1, 0.15) is 35.7 Å². The number of benzene rings is 1. The van der Waals surface area contributed by atoms with Crippen LogP contribution in [0.25, 0.3) is 0 Å². The van der Waals surface area contributed by atoms with E-state index in [0.29, 0.717) is 6.42 Å². The minimum absolute atomic E-state index is 0.224. The molecule has 0 aliphatic rings. The predicted molar refractivity (Wildman–Crippen MR) is 77.3 cm³/mol. The maximum atomic E-state index is 11.7. The molecule has 0 radical (unpaired) electrons. The van der Waals surface area contributed by atoms with Gasteiger partial charge in [0.15, 0.2) is 5.78 Å². The van der Waals surface area contributed by atoms with Gasteiger partial charge in [-0.3, -0.25) is 4.79 Å². The summed E-state index contributed by atoms with van der Waals surface area (Å²) in [6.07, 6.45) is 1.53. The largest absolute Gasteiger partial charge is 0.381 e. The Balaban J connectivity index is 1.93. The van der Waals surface area contributed by atoms with Crippen molar-refractivity contribution in [2.75, 3.05) is 5.32 Å². The molecule has 94 valence electrons. The Labute approximate surface area is 112 Å². The summed E-state index contributed by atoms with van der Waals surface area (Å²) in [5.41, 5.74) is 3.14. The summed E-state index contributed by atoms with van der Waals surface area (Å²) < 4.78 is 0. The van der Waals surface area contributed by atoms with Crippen molar-refractivity contribution < 1.29 is 4.79 Å². The van der Waals surface area contributed by atoms with Crippen molar-refractivity contribution in [2.45, 2.75) is 26.3 Å². The van der Waals surface area contributed by atoms with Crippen molar-refractivity contribution in [3.63, 3.8) is 0 Å². The van der Waals surface area contributed by atoms with Gasteiger partial charge in [-0.15, -0.1) is 0 Å². The minimum Gasteiger partial charge on any atom is -0.381 e. The standard InChI is InChI=1S/C15H17NOS/c1-2-3-15(17)13-4-6-14(7-5-13)16-10-12-8-9-18-11-12/h4-9,11,16H,2-3,10H2,1H3. The summed E-state index contributed by atoms with van der Waals surface area (Å²) in [4.78, 5) is 11.7. The highest BCUT2D eigenvalue weighted by Crippen LogP contribution is 2.14. The monoisotopic (exact) mass is 259 g/mol. The highest BCUT2D eigenvalue weighted by atomic mass is 32.1. The molecule has 0 amide bonds. The molecule has 0 aliphatic heterocycles. The zero-order chi connectivity index (χ0) is 12.8. The Kier molecular flexibility index (Phi) is 4.53. The lowest BCUT2D eigenvalue weighted by molar-refractivity contribution is 0.0982. The van der Waals surface area contributed by atoms with Gasteiger partial charge in [0.2, 0.25) is 0 Å². The van der Waals surface area contributed by atoms with E-state index >= 15 is 0 Å². The van der Waals surface area contributed by atoms with E-state index in [1.807, 2.05) is 31.2 Å². The number of hydrogen-bond acceptors (Lipinski definition) is 3. The van der Waals surface area contributed by atoms with Gasteiger partial charge < -0.3 is 5.32 Å². The van der Waals surface area contributed by atoms with E-state index in [1.165, 1.54) is 5.56 Å². The highest BCUT2D eigenvalue weighted by Gasteiger charge is 2.03. The summed E-state index contributed by atoms with van der Waals surface area (Å²) in [5, 5.41) is 7.54. The van der Waals surface area contributed by atoms with E-state index < -0.39 is 0 Å². The lowest BCUT2D eigenvalue weighted by Gasteiger charge is -2.06. The highest BCUT2D eigenvalue weighted by molar-refractivity contribution is 7.07. The Bertz CT molecular complexity index is 488. The molecule has 1 aromatic heterocycles. The molecule has 0 saturated carbocycles. The van der Waals surface area contributed by atoms with Gasteiger partial charge in [0, 0.05) is 24.2 Å². The summed E-state index contributed by atoms with van der Waals surface area (Å²) in [7, 11) is 0. The Morgan fingerprint density at radius 2 is 2.00 bits per heavy atom. The maximum Gasteiger partial charge on any atom is 0.162 e. The van der Waals surface area contributed by atoms with Crippen LogP contribution in [-0.4, -0.2) is 5.78 Å². The number of rotatable bonds is 6. The number of carbonyl (C=O) groups excluding carboxylic acids is 1. The van der Waals surface area contributed by atoms with Crippen molar-refractivity contribution in [1.29, 1.82) is 0 Å². The van der Waals surface area contributed by atoms with Crippen LogP contribution >= 0.6 is 11.3 Å². The molecule has 1 N–H and O–H groups in total. The number of hydrogen-bond donors (Lipinski definition) is 1. The molecule has 2 nitrogen and oxygen atoms in total. The Morgan fingerprint density at radius 3 is 2.61 bits per heavy atom. The predicted octanol–water partition coefficient (Wildman–Crippen LogP) is 4.34. The van der Waals surface area contributed by atoms with Crippen molar-refractivity contribution in [3.05, 3.63) is 52.2 Å². The Hall–Kier alpha value is -1.61. The smallest absolute Gasteiger partial charge is 0.162 e.